The van der Waals surface area contributed by atoms with Gasteiger partial charge in [0, 0.05) is 29.1 Å². The van der Waals surface area contributed by atoms with E-state index in [0.29, 0.717) is 13.1 Å². The van der Waals surface area contributed by atoms with Crippen LogP contribution >= 0.6 is 23.1 Å². The SMILES string of the molecule is Cc1ccsc1CN(C)C(=O)NCCSc1ccccc1. The second-order valence-corrected chi connectivity index (χ2v) is 6.95. The maximum atomic E-state index is 12.0. The molecule has 0 radical (unpaired) electrons. The summed E-state index contributed by atoms with van der Waals surface area (Å²) in [5, 5.41) is 5.02. The Hall–Kier alpha value is -1.46. The van der Waals surface area contributed by atoms with Gasteiger partial charge >= 0.3 is 6.03 Å². The first-order chi connectivity index (χ1) is 10.2. The van der Waals surface area contributed by atoms with Crippen LogP contribution in [0, 0.1) is 6.92 Å². The predicted molar refractivity (Wildman–Crippen MR) is 91.1 cm³/mol. The Kier molecular flexibility index (Phi) is 6.14. The molecule has 0 spiro atoms. The Balaban J connectivity index is 1.68. The highest BCUT2D eigenvalue weighted by Gasteiger charge is 2.10. The number of amides is 2. The van der Waals surface area contributed by atoms with E-state index in [1.807, 2.05) is 25.2 Å². The van der Waals surface area contributed by atoms with Crippen molar-refractivity contribution >= 4 is 29.1 Å². The highest BCUT2D eigenvalue weighted by molar-refractivity contribution is 7.99. The molecule has 0 aliphatic carbocycles. The molecule has 1 N–H and O–H groups in total. The van der Waals surface area contributed by atoms with Crippen molar-refractivity contribution in [1.29, 1.82) is 0 Å². The number of thioether (sulfide) groups is 1. The third-order valence-electron chi connectivity index (χ3n) is 3.09. The minimum absolute atomic E-state index is 0.0172. The molecular weight excluding hydrogens is 300 g/mol. The Bertz CT molecular complexity index is 569. The summed E-state index contributed by atoms with van der Waals surface area (Å²) in [6.07, 6.45) is 0. The van der Waals surface area contributed by atoms with Gasteiger partial charge < -0.3 is 10.2 Å². The summed E-state index contributed by atoms with van der Waals surface area (Å²) in [7, 11) is 1.83. The molecule has 0 fully saturated rings. The summed E-state index contributed by atoms with van der Waals surface area (Å²) < 4.78 is 0. The quantitative estimate of drug-likeness (QED) is 0.645. The fourth-order valence-electron chi connectivity index (χ4n) is 1.83. The number of aryl methyl sites for hydroxylation is 1. The highest BCUT2D eigenvalue weighted by Crippen LogP contribution is 2.17. The molecule has 5 heteroatoms. The van der Waals surface area contributed by atoms with Gasteiger partial charge in [-0.15, -0.1) is 23.1 Å². The summed E-state index contributed by atoms with van der Waals surface area (Å²) in [4.78, 5) is 16.2. The number of hydrogen-bond donors (Lipinski definition) is 1. The number of nitrogens with one attached hydrogen (secondary N) is 1. The number of carbonyl (C=O) groups excluding carboxylic acids is 1. The smallest absolute Gasteiger partial charge is 0.317 e. The van der Waals surface area contributed by atoms with Gasteiger partial charge in [0.25, 0.3) is 0 Å². The lowest BCUT2D eigenvalue weighted by Crippen LogP contribution is -2.37. The molecule has 0 aliphatic rings. The Labute approximate surface area is 134 Å². The zero-order valence-corrected chi connectivity index (χ0v) is 14.0. The molecule has 2 aromatic rings. The molecule has 21 heavy (non-hydrogen) atoms. The summed E-state index contributed by atoms with van der Waals surface area (Å²) in [5.41, 5.74) is 1.25. The van der Waals surface area contributed by atoms with Crippen LogP contribution in [0.5, 0.6) is 0 Å². The number of nitrogens with zero attached hydrogens (tertiary/aromatic N) is 1. The van der Waals surface area contributed by atoms with Gasteiger partial charge in [-0.3, -0.25) is 0 Å². The number of carbonyl (C=O) groups is 1. The lowest BCUT2D eigenvalue weighted by atomic mass is 10.3. The molecule has 0 saturated heterocycles. The van der Waals surface area contributed by atoms with E-state index in [0.717, 1.165) is 5.75 Å². The second kappa shape index (κ2) is 8.10. The van der Waals surface area contributed by atoms with Crippen molar-refractivity contribution in [2.75, 3.05) is 19.3 Å². The van der Waals surface area contributed by atoms with Crippen molar-refractivity contribution in [3.8, 4) is 0 Å². The van der Waals surface area contributed by atoms with Crippen LogP contribution in [0.4, 0.5) is 4.79 Å². The van der Waals surface area contributed by atoms with Crippen LogP contribution in [-0.2, 0) is 6.54 Å². The predicted octanol–water partition coefficient (Wildman–Crippen LogP) is 3.99. The molecule has 0 unspecified atom stereocenters. The van der Waals surface area contributed by atoms with Crippen molar-refractivity contribution < 1.29 is 4.79 Å². The summed E-state index contributed by atoms with van der Waals surface area (Å²) in [6, 6.07) is 12.3. The van der Waals surface area contributed by atoms with Crippen LogP contribution in [0.25, 0.3) is 0 Å². The zero-order valence-electron chi connectivity index (χ0n) is 12.3. The van der Waals surface area contributed by atoms with Gasteiger partial charge in [-0.25, -0.2) is 4.79 Å². The normalized spacial score (nSPS) is 10.4. The average molecular weight is 320 g/mol. The van der Waals surface area contributed by atoms with Gasteiger partial charge in [0.15, 0.2) is 0 Å². The van der Waals surface area contributed by atoms with E-state index in [9.17, 15) is 4.79 Å². The number of benzene rings is 1. The molecule has 2 rings (SSSR count). The first-order valence-electron chi connectivity index (χ1n) is 6.86. The van der Waals surface area contributed by atoms with Crippen LogP contribution in [0.15, 0.2) is 46.7 Å². The molecule has 112 valence electrons. The van der Waals surface area contributed by atoms with Crippen molar-refractivity contribution in [1.82, 2.24) is 10.2 Å². The van der Waals surface area contributed by atoms with E-state index in [1.54, 1.807) is 28.0 Å². The minimum Gasteiger partial charge on any atom is -0.337 e. The molecule has 0 aliphatic heterocycles. The van der Waals surface area contributed by atoms with E-state index in [2.05, 4.69) is 35.8 Å². The molecule has 1 aromatic heterocycles. The molecule has 3 nitrogen and oxygen atoms in total. The molecule has 0 bridgehead atoms. The molecule has 1 aromatic carbocycles. The molecule has 0 atom stereocenters. The van der Waals surface area contributed by atoms with E-state index >= 15 is 0 Å². The molecule has 2 amide bonds. The third-order valence-corrected chi connectivity index (χ3v) is 5.11. The Morgan fingerprint density at radius 1 is 1.29 bits per heavy atom. The summed E-state index contributed by atoms with van der Waals surface area (Å²) in [5.74, 6) is 0.877. The van der Waals surface area contributed by atoms with Gasteiger partial charge in [-0.2, -0.15) is 0 Å². The first kappa shape index (κ1) is 15.9. The van der Waals surface area contributed by atoms with Crippen molar-refractivity contribution in [3.63, 3.8) is 0 Å². The van der Waals surface area contributed by atoms with Crippen LogP contribution < -0.4 is 5.32 Å². The highest BCUT2D eigenvalue weighted by atomic mass is 32.2. The average Bonchev–Trinajstić information content (AvgIpc) is 2.89. The summed E-state index contributed by atoms with van der Waals surface area (Å²) >= 11 is 3.45. The Morgan fingerprint density at radius 2 is 2.05 bits per heavy atom. The number of rotatable bonds is 6. The van der Waals surface area contributed by atoms with Crippen LogP contribution in [0.1, 0.15) is 10.4 Å². The van der Waals surface area contributed by atoms with Crippen LogP contribution in [0.3, 0.4) is 0 Å². The maximum Gasteiger partial charge on any atom is 0.317 e. The second-order valence-electron chi connectivity index (χ2n) is 4.78. The van der Waals surface area contributed by atoms with Crippen molar-refractivity contribution in [2.45, 2.75) is 18.4 Å². The first-order valence-corrected chi connectivity index (χ1v) is 8.73. The van der Waals surface area contributed by atoms with Crippen LogP contribution in [-0.4, -0.2) is 30.3 Å². The number of hydrogen-bond acceptors (Lipinski definition) is 3. The Morgan fingerprint density at radius 3 is 2.71 bits per heavy atom. The zero-order chi connectivity index (χ0) is 15.1. The van der Waals surface area contributed by atoms with E-state index < -0.39 is 0 Å². The van der Waals surface area contributed by atoms with Crippen molar-refractivity contribution in [3.05, 3.63) is 52.2 Å². The third kappa shape index (κ3) is 5.10. The molecule has 0 saturated carbocycles. The van der Waals surface area contributed by atoms with Gasteiger partial charge in [0.1, 0.15) is 0 Å². The van der Waals surface area contributed by atoms with Gasteiger partial charge in [0.2, 0.25) is 0 Å². The van der Waals surface area contributed by atoms with Gasteiger partial charge in [-0.05, 0) is 36.1 Å². The fraction of sp³-hybridized carbons (Fsp3) is 0.312. The monoisotopic (exact) mass is 320 g/mol. The van der Waals surface area contributed by atoms with E-state index in [4.69, 9.17) is 0 Å². The number of urea groups is 1. The number of thiophene rings is 1. The summed E-state index contributed by atoms with van der Waals surface area (Å²) in [6.45, 7) is 3.42. The molecule has 1 heterocycles. The lowest BCUT2D eigenvalue weighted by Gasteiger charge is -2.17. The van der Waals surface area contributed by atoms with Crippen LogP contribution in [0.2, 0.25) is 0 Å². The standard InChI is InChI=1S/C16H20N2OS2/c1-13-8-10-21-15(13)12-18(2)16(19)17-9-11-20-14-6-4-3-5-7-14/h3-8,10H,9,11-12H2,1-2H3,(H,17,19). The topological polar surface area (TPSA) is 32.3 Å². The van der Waals surface area contributed by atoms with Crippen molar-refractivity contribution in [2.24, 2.45) is 0 Å². The maximum absolute atomic E-state index is 12.0. The lowest BCUT2D eigenvalue weighted by molar-refractivity contribution is 0.208. The van der Waals surface area contributed by atoms with E-state index in [-0.39, 0.29) is 6.03 Å². The minimum atomic E-state index is -0.0172. The fourth-order valence-corrected chi connectivity index (χ4v) is 3.58. The van der Waals surface area contributed by atoms with Gasteiger partial charge in [0.05, 0.1) is 6.54 Å². The molecular formula is C16H20N2OS2. The van der Waals surface area contributed by atoms with Gasteiger partial charge in [-0.1, -0.05) is 18.2 Å². The largest absolute Gasteiger partial charge is 0.337 e. The van der Waals surface area contributed by atoms with E-state index in [1.165, 1.54) is 15.3 Å².